The van der Waals surface area contributed by atoms with Crippen molar-refractivity contribution in [1.82, 2.24) is 5.32 Å². The molecule has 0 bridgehead atoms. The van der Waals surface area contributed by atoms with Crippen molar-refractivity contribution in [3.05, 3.63) is 0 Å². The van der Waals surface area contributed by atoms with Gasteiger partial charge in [-0.15, -0.1) is 0 Å². The lowest BCUT2D eigenvalue weighted by molar-refractivity contribution is -0.153. The molecule has 3 nitrogen and oxygen atoms in total. The molecular formula is C8H11F2NO2. The minimum absolute atomic E-state index is 0.184. The van der Waals surface area contributed by atoms with Crippen molar-refractivity contribution in [2.45, 2.75) is 25.3 Å². The highest BCUT2D eigenvalue weighted by Crippen LogP contribution is 2.65. The Morgan fingerprint density at radius 2 is 2.31 bits per heavy atom. The van der Waals surface area contributed by atoms with Gasteiger partial charge in [0.15, 0.2) is 0 Å². The Bertz CT molecular complexity index is 257. The number of carbonyl (C=O) groups is 1. The summed E-state index contributed by atoms with van der Waals surface area (Å²) < 4.78 is 30.4. The van der Waals surface area contributed by atoms with Crippen LogP contribution in [0.25, 0.3) is 0 Å². The van der Waals surface area contributed by atoms with Gasteiger partial charge in [0.2, 0.25) is 0 Å². The number of hydrogen-bond donors (Lipinski definition) is 1. The summed E-state index contributed by atoms with van der Waals surface area (Å²) in [7, 11) is 0. The van der Waals surface area contributed by atoms with Crippen LogP contribution in [0.4, 0.5) is 8.78 Å². The van der Waals surface area contributed by atoms with E-state index < -0.39 is 23.3 Å². The third kappa shape index (κ3) is 0.995. The zero-order chi connectivity index (χ0) is 9.69. The number of halogens is 2. The first-order valence-corrected chi connectivity index (χ1v) is 4.31. The molecule has 0 radical (unpaired) electrons. The molecule has 2 rings (SSSR count). The van der Waals surface area contributed by atoms with E-state index in [-0.39, 0.29) is 19.6 Å². The van der Waals surface area contributed by atoms with Crippen LogP contribution in [0.15, 0.2) is 0 Å². The van der Waals surface area contributed by atoms with Gasteiger partial charge in [-0.2, -0.15) is 0 Å². The second kappa shape index (κ2) is 2.41. The van der Waals surface area contributed by atoms with E-state index in [1.165, 1.54) is 0 Å². The highest BCUT2D eigenvalue weighted by atomic mass is 19.3. The summed E-state index contributed by atoms with van der Waals surface area (Å²) in [6.07, 6.45) is -0.184. The SMILES string of the molecule is CCOC(=O)[C@@H]1NC[C@]12CC2(F)F. The van der Waals surface area contributed by atoms with Crippen LogP contribution in [0.5, 0.6) is 0 Å². The second-order valence-corrected chi connectivity index (χ2v) is 3.60. The van der Waals surface area contributed by atoms with Gasteiger partial charge in [-0.3, -0.25) is 4.79 Å². The van der Waals surface area contributed by atoms with Crippen LogP contribution in [-0.4, -0.2) is 31.1 Å². The molecule has 13 heavy (non-hydrogen) atoms. The molecule has 0 aromatic heterocycles. The quantitative estimate of drug-likeness (QED) is 0.647. The van der Waals surface area contributed by atoms with Crippen molar-refractivity contribution in [1.29, 1.82) is 0 Å². The molecule has 1 heterocycles. The summed E-state index contributed by atoms with van der Waals surface area (Å²) in [5, 5.41) is 2.68. The standard InChI is InChI=1S/C8H11F2NO2/c1-2-13-6(12)5-7(4-11-5)3-8(7,9)10/h5,11H,2-4H2,1H3/t5-,7+/m0/s1. The van der Waals surface area contributed by atoms with Crippen molar-refractivity contribution >= 4 is 5.97 Å². The van der Waals surface area contributed by atoms with Crippen LogP contribution in [0.2, 0.25) is 0 Å². The maximum atomic E-state index is 12.8. The van der Waals surface area contributed by atoms with Gasteiger partial charge in [-0.25, -0.2) is 8.78 Å². The fourth-order valence-electron chi connectivity index (χ4n) is 1.84. The highest BCUT2D eigenvalue weighted by Gasteiger charge is 2.80. The molecule has 2 aliphatic rings. The van der Waals surface area contributed by atoms with E-state index in [2.05, 4.69) is 10.1 Å². The van der Waals surface area contributed by atoms with Gasteiger partial charge in [-0.1, -0.05) is 0 Å². The van der Waals surface area contributed by atoms with Crippen molar-refractivity contribution in [3.63, 3.8) is 0 Å². The Kier molecular flexibility index (Phi) is 1.64. The summed E-state index contributed by atoms with van der Waals surface area (Å²) >= 11 is 0. The average Bonchev–Trinajstić information content (AvgIpc) is 2.55. The maximum absolute atomic E-state index is 12.8. The minimum atomic E-state index is -2.67. The molecule has 1 spiro atoms. The molecule has 0 unspecified atom stereocenters. The lowest BCUT2D eigenvalue weighted by Gasteiger charge is -2.36. The number of ether oxygens (including phenoxy) is 1. The van der Waals surface area contributed by atoms with Gasteiger partial charge >= 0.3 is 5.97 Å². The number of nitrogens with one attached hydrogen (secondary N) is 1. The van der Waals surface area contributed by atoms with Gasteiger partial charge < -0.3 is 10.1 Å². The smallest absolute Gasteiger partial charge is 0.323 e. The first-order chi connectivity index (χ1) is 6.03. The van der Waals surface area contributed by atoms with E-state index in [1.54, 1.807) is 6.92 Å². The fourth-order valence-corrected chi connectivity index (χ4v) is 1.84. The van der Waals surface area contributed by atoms with Crippen LogP contribution >= 0.6 is 0 Å². The van der Waals surface area contributed by atoms with Crippen molar-refractivity contribution < 1.29 is 18.3 Å². The topological polar surface area (TPSA) is 38.3 Å². The number of rotatable bonds is 2. The lowest BCUT2D eigenvalue weighted by Crippen LogP contribution is -2.62. The van der Waals surface area contributed by atoms with Gasteiger partial charge in [0.1, 0.15) is 6.04 Å². The Balaban J connectivity index is 2.00. The summed E-state index contributed by atoms with van der Waals surface area (Å²) in [6, 6.07) is -0.789. The molecular weight excluding hydrogens is 180 g/mol. The van der Waals surface area contributed by atoms with Gasteiger partial charge in [0.25, 0.3) is 5.92 Å². The average molecular weight is 191 g/mol. The molecule has 0 amide bonds. The van der Waals surface area contributed by atoms with Crippen LogP contribution in [-0.2, 0) is 9.53 Å². The molecule has 0 aromatic rings. The summed E-state index contributed by atoms with van der Waals surface area (Å²) in [5.74, 6) is -3.22. The van der Waals surface area contributed by atoms with Crippen LogP contribution in [0.1, 0.15) is 13.3 Å². The molecule has 1 N–H and O–H groups in total. The summed E-state index contributed by atoms with van der Waals surface area (Å²) in [5.41, 5.74) is -1.11. The van der Waals surface area contributed by atoms with Crippen molar-refractivity contribution in [2.75, 3.05) is 13.2 Å². The second-order valence-electron chi connectivity index (χ2n) is 3.60. The van der Waals surface area contributed by atoms with Gasteiger partial charge in [-0.05, 0) is 6.92 Å². The minimum Gasteiger partial charge on any atom is -0.465 e. The zero-order valence-electron chi connectivity index (χ0n) is 7.27. The third-order valence-corrected chi connectivity index (χ3v) is 2.84. The fraction of sp³-hybridized carbons (Fsp3) is 0.875. The van der Waals surface area contributed by atoms with Crippen LogP contribution in [0.3, 0.4) is 0 Å². The molecule has 5 heteroatoms. The van der Waals surface area contributed by atoms with Gasteiger partial charge in [0.05, 0.1) is 12.0 Å². The van der Waals surface area contributed by atoms with E-state index in [0.717, 1.165) is 0 Å². The van der Waals surface area contributed by atoms with Gasteiger partial charge in [0, 0.05) is 13.0 Å². The summed E-state index contributed by atoms with van der Waals surface area (Å²) in [4.78, 5) is 11.2. The number of alkyl halides is 2. The molecule has 2 fully saturated rings. The predicted octanol–water partition coefficient (Wildman–Crippen LogP) is 0.547. The Morgan fingerprint density at radius 3 is 2.62 bits per heavy atom. The molecule has 2 atom stereocenters. The Hall–Kier alpha value is -0.710. The molecule has 1 aliphatic heterocycles. The monoisotopic (exact) mass is 191 g/mol. The summed E-state index contributed by atoms with van der Waals surface area (Å²) in [6.45, 7) is 2.12. The van der Waals surface area contributed by atoms with Crippen LogP contribution in [0, 0.1) is 5.41 Å². The van der Waals surface area contributed by atoms with Crippen molar-refractivity contribution in [2.24, 2.45) is 5.41 Å². The zero-order valence-corrected chi connectivity index (χ0v) is 7.27. The first-order valence-electron chi connectivity index (χ1n) is 4.31. The Morgan fingerprint density at radius 1 is 1.69 bits per heavy atom. The largest absolute Gasteiger partial charge is 0.465 e. The van der Waals surface area contributed by atoms with E-state index in [4.69, 9.17) is 0 Å². The highest BCUT2D eigenvalue weighted by molar-refractivity contribution is 5.79. The molecule has 1 saturated heterocycles. The Labute approximate surface area is 74.4 Å². The number of esters is 1. The van der Waals surface area contributed by atoms with E-state index in [0.29, 0.717) is 0 Å². The number of hydrogen-bond acceptors (Lipinski definition) is 3. The van der Waals surface area contributed by atoms with E-state index >= 15 is 0 Å². The van der Waals surface area contributed by atoms with Crippen molar-refractivity contribution in [3.8, 4) is 0 Å². The lowest BCUT2D eigenvalue weighted by atomic mass is 9.87. The van der Waals surface area contributed by atoms with E-state index in [1.807, 2.05) is 0 Å². The normalized spacial score (nSPS) is 39.8. The molecule has 1 aliphatic carbocycles. The third-order valence-electron chi connectivity index (χ3n) is 2.84. The maximum Gasteiger partial charge on any atom is 0.323 e. The molecule has 74 valence electrons. The van der Waals surface area contributed by atoms with Crippen LogP contribution < -0.4 is 5.32 Å². The molecule has 1 saturated carbocycles. The predicted molar refractivity (Wildman–Crippen MR) is 40.4 cm³/mol. The molecule has 0 aromatic carbocycles. The first kappa shape index (κ1) is 8.87. The number of carbonyl (C=O) groups excluding carboxylic acids is 1. The van der Waals surface area contributed by atoms with E-state index in [9.17, 15) is 13.6 Å².